The second-order valence-electron chi connectivity index (χ2n) is 8.95. The molecular weight excluding hydrogens is 607 g/mol. The van der Waals surface area contributed by atoms with Crippen LogP contribution in [0.25, 0.3) is 0 Å². The van der Waals surface area contributed by atoms with E-state index in [1.807, 2.05) is 0 Å². The molecule has 0 heterocycles. The molecule has 35 heavy (non-hydrogen) atoms. The van der Waals surface area contributed by atoms with Gasteiger partial charge in [-0.15, -0.1) is 0 Å². The van der Waals surface area contributed by atoms with E-state index in [1.165, 1.54) is 49.9 Å². The molecule has 0 aliphatic rings. The van der Waals surface area contributed by atoms with Gasteiger partial charge in [0.25, 0.3) is 0 Å². The van der Waals surface area contributed by atoms with Crippen LogP contribution in [0, 0.1) is 11.8 Å². The molecule has 0 rings (SSSR count). The zero-order chi connectivity index (χ0) is 27.9. The number of aliphatic hydroxyl groups excluding tert-OH is 1. The molecular formula is C26H54O5S3Sn. The summed E-state index contributed by atoms with van der Waals surface area (Å²) < 4.78 is 11.2. The van der Waals surface area contributed by atoms with Gasteiger partial charge >= 0.3 is 58.7 Å². The Morgan fingerprint density at radius 2 is 1.11 bits per heavy atom. The summed E-state index contributed by atoms with van der Waals surface area (Å²) in [7, 11) is 0. The molecule has 0 saturated carbocycles. The summed E-state index contributed by atoms with van der Waals surface area (Å²) >= 11 is 13.5. The van der Waals surface area contributed by atoms with Crippen molar-refractivity contribution in [3.8, 4) is 0 Å². The molecule has 2 radical (unpaired) electrons. The number of carbonyl (C=O) groups excluding carboxylic acids is 2. The van der Waals surface area contributed by atoms with Crippen LogP contribution in [0.3, 0.4) is 0 Å². The average molecular weight is 662 g/mol. The summed E-state index contributed by atoms with van der Waals surface area (Å²) in [6, 6.07) is 0. The van der Waals surface area contributed by atoms with E-state index < -0.39 is 5.44 Å². The maximum atomic E-state index is 10.7. The summed E-state index contributed by atoms with van der Waals surface area (Å²) in [5, 5.41) is 7.87. The van der Waals surface area contributed by atoms with Gasteiger partial charge in [0.2, 0.25) is 0 Å². The van der Waals surface area contributed by atoms with Crippen molar-refractivity contribution in [3.05, 3.63) is 0 Å². The standard InChI is InChI=1S/2C10H20O2S.C4H9.C2H6OS.Sn/c2*1-9(2)6-4-3-5-7-12-10(11)8-13;1-3-4-2;1-2(3)4;/h2*9,13H,3-8H2,1-2H3;1,3-4H2,2H3;2-4H,1H3;/q;;;;+1/p-1. The van der Waals surface area contributed by atoms with Gasteiger partial charge in [-0.25, -0.2) is 0 Å². The summed E-state index contributed by atoms with van der Waals surface area (Å²) in [4.78, 5) is 21.3. The fourth-order valence-electron chi connectivity index (χ4n) is 2.30. The summed E-state index contributed by atoms with van der Waals surface area (Å²) in [5.41, 5.74) is -0.583. The normalized spacial score (nSPS) is 10.7. The number of carbonyl (C=O) groups is 2. The van der Waals surface area contributed by atoms with Crippen molar-refractivity contribution in [2.24, 2.45) is 11.8 Å². The van der Waals surface area contributed by atoms with E-state index in [2.05, 4.69) is 72.5 Å². The van der Waals surface area contributed by atoms with Crippen LogP contribution in [0.1, 0.15) is 106 Å². The SMILES string of the molecule is CC(C)CCCCCOC(=O)CS.CC(C)CCCCCOC(=O)CS.CC(O)[S-].CCC[CH2][Sn+]. The molecule has 1 atom stereocenters. The first-order valence-corrected chi connectivity index (χ1v) is 16.7. The Morgan fingerprint density at radius 3 is 1.31 bits per heavy atom. The van der Waals surface area contributed by atoms with Crippen molar-refractivity contribution in [2.75, 3.05) is 24.7 Å². The van der Waals surface area contributed by atoms with Crippen molar-refractivity contribution in [1.82, 2.24) is 0 Å². The molecule has 0 spiro atoms. The molecule has 9 heteroatoms. The third-order valence-electron chi connectivity index (χ3n) is 4.17. The van der Waals surface area contributed by atoms with Crippen molar-refractivity contribution in [3.63, 3.8) is 0 Å². The first kappa shape index (κ1) is 42.8. The molecule has 1 N–H and O–H groups in total. The van der Waals surface area contributed by atoms with Gasteiger partial charge in [0.05, 0.1) is 24.7 Å². The van der Waals surface area contributed by atoms with E-state index in [0.29, 0.717) is 13.2 Å². The average Bonchev–Trinajstić information content (AvgIpc) is 2.78. The zero-order valence-electron chi connectivity index (χ0n) is 23.2. The third kappa shape index (κ3) is 60.8. The van der Waals surface area contributed by atoms with E-state index in [0.717, 1.165) is 37.5 Å². The van der Waals surface area contributed by atoms with Crippen molar-refractivity contribution < 1.29 is 24.2 Å². The van der Waals surface area contributed by atoms with Crippen LogP contribution in [-0.2, 0) is 31.7 Å². The Labute approximate surface area is 247 Å². The van der Waals surface area contributed by atoms with Crippen LogP contribution in [0.4, 0.5) is 0 Å². The second kappa shape index (κ2) is 36.9. The quantitative estimate of drug-likeness (QED) is 0.0570. The Morgan fingerprint density at radius 1 is 0.771 bits per heavy atom. The predicted octanol–water partition coefficient (Wildman–Crippen LogP) is 6.60. The third-order valence-corrected chi connectivity index (χ3v) is 5.69. The van der Waals surface area contributed by atoms with Crippen LogP contribution in [0.15, 0.2) is 0 Å². The second-order valence-corrected chi connectivity index (χ2v) is 11.7. The van der Waals surface area contributed by atoms with Gasteiger partial charge in [-0.3, -0.25) is 9.59 Å². The summed E-state index contributed by atoms with van der Waals surface area (Å²) in [5.74, 6) is 1.50. The molecule has 0 fully saturated rings. The first-order chi connectivity index (χ1) is 16.5. The molecule has 0 saturated heterocycles. The monoisotopic (exact) mass is 662 g/mol. The Balaban J connectivity index is -0.000000205. The number of hydrogen-bond acceptors (Lipinski definition) is 8. The van der Waals surface area contributed by atoms with Crippen LogP contribution >= 0.6 is 25.3 Å². The van der Waals surface area contributed by atoms with Gasteiger partial charge < -0.3 is 27.2 Å². The van der Waals surface area contributed by atoms with Crippen LogP contribution in [0.5, 0.6) is 0 Å². The van der Waals surface area contributed by atoms with Crippen LogP contribution in [0.2, 0.25) is 4.44 Å². The maximum absolute atomic E-state index is 10.7. The number of ether oxygens (including phenoxy) is 2. The van der Waals surface area contributed by atoms with Gasteiger partial charge in [0.1, 0.15) is 0 Å². The zero-order valence-corrected chi connectivity index (χ0v) is 28.7. The molecule has 210 valence electrons. The molecule has 0 aliphatic heterocycles. The van der Waals surface area contributed by atoms with E-state index in [9.17, 15) is 9.59 Å². The molecule has 0 aromatic carbocycles. The predicted molar refractivity (Wildman–Crippen MR) is 161 cm³/mol. The number of thiol groups is 2. The number of rotatable bonds is 16. The van der Waals surface area contributed by atoms with Crippen molar-refractivity contribution in [1.29, 1.82) is 0 Å². The van der Waals surface area contributed by atoms with E-state index >= 15 is 0 Å². The number of unbranched alkanes of at least 4 members (excludes halogenated alkanes) is 5. The molecule has 5 nitrogen and oxygen atoms in total. The van der Waals surface area contributed by atoms with Crippen molar-refractivity contribution in [2.45, 2.75) is 116 Å². The van der Waals surface area contributed by atoms with Crippen LogP contribution < -0.4 is 0 Å². The Hall–Kier alpha value is 0.749. The summed E-state index contributed by atoms with van der Waals surface area (Å²) in [6.45, 7) is 13.8. The van der Waals surface area contributed by atoms with Crippen molar-refractivity contribution >= 4 is 72.3 Å². The fraction of sp³-hybridized carbons (Fsp3) is 0.923. The Bertz CT molecular complexity index is 389. The van der Waals surface area contributed by atoms with Gasteiger partial charge in [0.15, 0.2) is 0 Å². The molecule has 0 aliphatic carbocycles. The molecule has 1 unspecified atom stereocenters. The molecule has 0 amide bonds. The first-order valence-electron chi connectivity index (χ1n) is 13.0. The molecule has 0 bridgehead atoms. The van der Waals surface area contributed by atoms with Gasteiger partial charge in [-0.05, 0) is 24.7 Å². The number of hydrogen-bond donors (Lipinski definition) is 3. The minimum atomic E-state index is -0.583. The Kier molecular flexibility index (Phi) is 45.2. The number of esters is 2. The fourth-order valence-corrected chi connectivity index (χ4v) is 3.49. The van der Waals surface area contributed by atoms with E-state index in [4.69, 9.17) is 14.6 Å². The topological polar surface area (TPSA) is 72.8 Å². The van der Waals surface area contributed by atoms with Gasteiger partial charge in [-0.2, -0.15) is 25.3 Å². The van der Waals surface area contributed by atoms with E-state index in [1.54, 1.807) is 22.5 Å². The number of aliphatic hydroxyl groups is 1. The van der Waals surface area contributed by atoms with Gasteiger partial charge in [-0.1, -0.05) is 78.6 Å². The van der Waals surface area contributed by atoms with Gasteiger partial charge in [0, 0.05) is 0 Å². The minimum absolute atomic E-state index is 0.187. The summed E-state index contributed by atoms with van der Waals surface area (Å²) in [6.07, 6.45) is 12.0. The molecule has 0 aromatic rings. The van der Waals surface area contributed by atoms with Crippen LogP contribution in [-0.4, -0.2) is 69.7 Å². The van der Waals surface area contributed by atoms with E-state index in [-0.39, 0.29) is 23.4 Å². The molecule has 0 aromatic heterocycles.